The fourth-order valence-electron chi connectivity index (χ4n) is 7.93. The van der Waals surface area contributed by atoms with Gasteiger partial charge in [-0.3, -0.25) is 19.8 Å². The number of benzene rings is 2. The Morgan fingerprint density at radius 2 is 1.83 bits per heavy atom. The van der Waals surface area contributed by atoms with Crippen LogP contribution in [0.3, 0.4) is 0 Å². The molecule has 6 rings (SSSR count). The lowest BCUT2D eigenvalue weighted by Crippen LogP contribution is -2.53. The largest absolute Gasteiger partial charge is 0.458 e. The highest BCUT2D eigenvalue weighted by Gasteiger charge is 2.45. The molecule has 0 radical (unpaired) electrons. The van der Waals surface area contributed by atoms with Gasteiger partial charge in [0.25, 0.3) is 5.56 Å². The van der Waals surface area contributed by atoms with Crippen LogP contribution in [0.15, 0.2) is 59.4 Å². The molecule has 2 aliphatic rings. The lowest BCUT2D eigenvalue weighted by molar-refractivity contribution is -0.172. The number of esters is 1. The molecule has 8 N–H and O–H groups in total. The van der Waals surface area contributed by atoms with Crippen LogP contribution in [-0.2, 0) is 50.8 Å². The molecule has 15 heteroatoms. The van der Waals surface area contributed by atoms with Gasteiger partial charge >= 0.3 is 5.97 Å². The molecule has 4 heterocycles. The number of hydrogen-bond acceptors (Lipinski definition) is 10. The Hall–Kier alpha value is -5.64. The van der Waals surface area contributed by atoms with Crippen molar-refractivity contribution in [3.63, 3.8) is 0 Å². The fourth-order valence-corrected chi connectivity index (χ4v) is 7.93. The number of para-hydroxylation sites is 1. The number of rotatable bonds is 17. The highest BCUT2D eigenvalue weighted by Crippen LogP contribution is 2.40. The van der Waals surface area contributed by atoms with E-state index in [0.29, 0.717) is 80.2 Å². The number of cyclic esters (lactones) is 1. The summed E-state index contributed by atoms with van der Waals surface area (Å²) in [6.07, 6.45) is 1.63. The van der Waals surface area contributed by atoms with Gasteiger partial charge in [0.1, 0.15) is 12.6 Å². The van der Waals surface area contributed by atoms with Crippen LogP contribution in [0.4, 0.5) is 5.69 Å². The predicted octanol–water partition coefficient (Wildman–Crippen LogP) is 3.07. The van der Waals surface area contributed by atoms with Crippen molar-refractivity contribution in [3.8, 4) is 11.4 Å². The van der Waals surface area contributed by atoms with Gasteiger partial charge in [-0.25, -0.2) is 9.78 Å². The van der Waals surface area contributed by atoms with E-state index in [1.807, 2.05) is 76.3 Å². The third-order valence-electron chi connectivity index (χ3n) is 11.1. The highest BCUT2D eigenvalue weighted by atomic mass is 16.6. The van der Waals surface area contributed by atoms with Gasteiger partial charge in [0.15, 0.2) is 11.6 Å². The summed E-state index contributed by atoms with van der Waals surface area (Å²) < 4.78 is 6.92. The first-order valence-corrected chi connectivity index (χ1v) is 20.0. The molecule has 0 saturated carbocycles. The first-order valence-electron chi connectivity index (χ1n) is 20.0. The minimum absolute atomic E-state index is 0.0290. The van der Waals surface area contributed by atoms with Gasteiger partial charge in [-0.05, 0) is 80.6 Å². The molecule has 0 saturated heterocycles. The number of hydrogen-bond donors (Lipinski definition) is 7. The monoisotopic (exact) mass is 793 g/mol. The van der Waals surface area contributed by atoms with E-state index in [9.17, 15) is 24.3 Å². The highest BCUT2D eigenvalue weighted by molar-refractivity contribution is 5.98. The van der Waals surface area contributed by atoms with Crippen LogP contribution in [-0.4, -0.2) is 82.1 Å². The number of carbonyl (C=O) groups is 3. The molecule has 4 aromatic rings. The summed E-state index contributed by atoms with van der Waals surface area (Å²) in [5.74, 6) is -1.44. The zero-order chi connectivity index (χ0) is 41.7. The number of amides is 2. The van der Waals surface area contributed by atoms with Gasteiger partial charge < -0.3 is 46.3 Å². The van der Waals surface area contributed by atoms with Crippen molar-refractivity contribution in [3.05, 3.63) is 92.8 Å². The molecule has 3 atom stereocenters. The number of fused-ring (bicyclic) bond motifs is 5. The van der Waals surface area contributed by atoms with E-state index in [-0.39, 0.29) is 42.3 Å². The minimum atomic E-state index is -1.89. The standard InChI is InChI=1S/C43H55N9O6/c1-6-43(57)32-21-35-37-30(23-52(35)40(55)31(32)24-58-41(43)56)28(29-11-8-9-12-33(29)49-37)18-20-51(5)22-26-14-16-27(17-15-26)48-38(53)34(13-10-19-47-42(44)45)50-39(54)36(25(3)4)46-7-2/h8-9,11-12,14-17,21,25,34,36,46,57H,6-7,10,13,18-20,22-24H2,1-5H3,(H,48,53)(H,50,54)(H4,44,45,47)/t34-,36-,43-/m0/s1. The third kappa shape index (κ3) is 8.76. The van der Waals surface area contributed by atoms with E-state index in [0.717, 1.165) is 27.6 Å². The summed E-state index contributed by atoms with van der Waals surface area (Å²) in [4.78, 5) is 60.4. The molecule has 0 fully saturated rings. The molecule has 308 valence electrons. The maximum atomic E-state index is 13.8. The van der Waals surface area contributed by atoms with Gasteiger partial charge in [-0.1, -0.05) is 58.0 Å². The summed E-state index contributed by atoms with van der Waals surface area (Å²) >= 11 is 0. The minimum Gasteiger partial charge on any atom is -0.458 e. The first-order chi connectivity index (χ1) is 27.7. The molecule has 58 heavy (non-hydrogen) atoms. The van der Waals surface area contributed by atoms with Crippen LogP contribution < -0.4 is 32.6 Å². The van der Waals surface area contributed by atoms with Crippen LogP contribution in [0.25, 0.3) is 22.3 Å². The summed E-state index contributed by atoms with van der Waals surface area (Å²) in [6, 6.07) is 16.1. The fraction of sp³-hybridized carbons (Fsp3) is 0.442. The smallest absolute Gasteiger partial charge is 0.343 e. The Labute approximate surface area is 338 Å². The van der Waals surface area contributed by atoms with Crippen LogP contribution >= 0.6 is 0 Å². The SMILES string of the molecule is CCN[C@H](C(=O)N[C@@H](CCCNC(=N)N)C(=O)Nc1ccc(CN(C)CCc2c3c(nc4ccccc24)-c2cc4c(c(=O)n2C3)COC(=O)[C@]4(O)CC)cc1)C(C)C. The average molecular weight is 794 g/mol. The topological polar surface area (TPSA) is 217 Å². The van der Waals surface area contributed by atoms with E-state index in [1.165, 1.54) is 0 Å². The molecule has 2 aromatic carbocycles. The van der Waals surface area contributed by atoms with E-state index >= 15 is 0 Å². The molecule has 2 amide bonds. The van der Waals surface area contributed by atoms with Gasteiger partial charge in [-0.15, -0.1) is 0 Å². The Morgan fingerprint density at radius 3 is 2.52 bits per heavy atom. The number of guanidine groups is 1. The van der Waals surface area contributed by atoms with Crippen molar-refractivity contribution in [1.82, 2.24) is 30.4 Å². The predicted molar refractivity (Wildman–Crippen MR) is 223 cm³/mol. The molecule has 2 aliphatic heterocycles. The lowest BCUT2D eigenvalue weighted by Gasteiger charge is -2.31. The van der Waals surface area contributed by atoms with Crippen molar-refractivity contribution >= 4 is 40.3 Å². The van der Waals surface area contributed by atoms with E-state index in [4.69, 9.17) is 20.9 Å². The summed E-state index contributed by atoms with van der Waals surface area (Å²) in [6.45, 7) is 10.0. The number of likely N-dealkylation sites (N-methyl/N-ethyl adjacent to an activating group) is 2. The number of nitrogens with one attached hydrogen (secondary N) is 5. The number of nitrogens with zero attached hydrogens (tertiary/aromatic N) is 3. The Kier molecular flexibility index (Phi) is 12.9. The van der Waals surface area contributed by atoms with Crippen molar-refractivity contribution < 1.29 is 24.2 Å². The number of ether oxygens (including phenoxy) is 1. The van der Waals surface area contributed by atoms with Gasteiger partial charge in [0.05, 0.1) is 35.1 Å². The molecule has 15 nitrogen and oxygen atoms in total. The number of nitrogens with two attached hydrogens (primary N) is 1. The third-order valence-corrected chi connectivity index (χ3v) is 11.1. The van der Waals surface area contributed by atoms with Crippen molar-refractivity contribution in [1.29, 1.82) is 5.41 Å². The second-order valence-corrected chi connectivity index (χ2v) is 15.5. The quantitative estimate of drug-likeness (QED) is 0.0314. The number of aliphatic hydroxyl groups is 1. The second kappa shape index (κ2) is 17.9. The summed E-state index contributed by atoms with van der Waals surface area (Å²) in [5, 5.41) is 31.6. The number of pyridine rings is 2. The Balaban J connectivity index is 1.14. The molecular weight excluding hydrogens is 739 g/mol. The molecule has 0 unspecified atom stereocenters. The van der Waals surface area contributed by atoms with Gasteiger partial charge in [0.2, 0.25) is 11.8 Å². The van der Waals surface area contributed by atoms with Gasteiger partial charge in [0, 0.05) is 41.8 Å². The number of anilines is 1. The summed E-state index contributed by atoms with van der Waals surface area (Å²) in [5.41, 5.74) is 9.57. The van der Waals surface area contributed by atoms with E-state index in [1.54, 1.807) is 17.6 Å². The van der Waals surface area contributed by atoms with Gasteiger partial charge in [-0.2, -0.15) is 0 Å². The molecule has 2 aromatic heterocycles. The van der Waals surface area contributed by atoms with Crippen molar-refractivity contribution in [2.45, 2.75) is 90.8 Å². The first kappa shape index (κ1) is 42.0. The maximum Gasteiger partial charge on any atom is 0.343 e. The van der Waals surface area contributed by atoms with Crippen molar-refractivity contribution in [2.24, 2.45) is 11.7 Å². The second-order valence-electron chi connectivity index (χ2n) is 15.5. The average Bonchev–Trinajstić information content (AvgIpc) is 3.57. The normalized spacial score (nSPS) is 16.7. The molecule has 0 bridgehead atoms. The van der Waals surface area contributed by atoms with Crippen LogP contribution in [0.2, 0.25) is 0 Å². The Bertz CT molecular complexity index is 2260. The summed E-state index contributed by atoms with van der Waals surface area (Å²) in [7, 11) is 2.04. The lowest BCUT2D eigenvalue weighted by atomic mass is 9.86. The number of aromatic nitrogens is 2. The maximum absolute atomic E-state index is 13.8. The Morgan fingerprint density at radius 1 is 1.09 bits per heavy atom. The van der Waals surface area contributed by atoms with Crippen molar-refractivity contribution in [2.75, 3.05) is 32.0 Å². The molecular formula is C43H55N9O6. The zero-order valence-electron chi connectivity index (χ0n) is 33.9. The molecule has 0 aliphatic carbocycles. The number of carbonyl (C=O) groups excluding carboxylic acids is 3. The van der Waals surface area contributed by atoms with E-state index < -0.39 is 23.7 Å². The van der Waals surface area contributed by atoms with E-state index in [2.05, 4.69) is 26.2 Å². The zero-order valence-corrected chi connectivity index (χ0v) is 33.9. The van der Waals surface area contributed by atoms with Crippen LogP contribution in [0.5, 0.6) is 0 Å². The molecule has 0 spiro atoms. The van der Waals surface area contributed by atoms with Crippen LogP contribution in [0.1, 0.15) is 74.8 Å². The van der Waals surface area contributed by atoms with Crippen LogP contribution in [0, 0.1) is 11.3 Å².